The minimum absolute atomic E-state index is 1.12. The Hall–Kier alpha value is -6.48. The van der Waals surface area contributed by atoms with Crippen LogP contribution in [0.5, 0.6) is 0 Å². The minimum atomic E-state index is 1.12. The average Bonchev–Trinajstić information content (AvgIpc) is 3.59. The van der Waals surface area contributed by atoms with Crippen molar-refractivity contribution in [2.45, 2.75) is 0 Å². The van der Waals surface area contributed by atoms with Crippen LogP contribution in [0, 0.1) is 0 Å². The van der Waals surface area contributed by atoms with E-state index >= 15 is 0 Å². The molecule has 0 N–H and O–H groups in total. The zero-order valence-electron chi connectivity index (χ0n) is 28.4. The molecule has 1 heterocycles. The molecule has 0 fully saturated rings. The Morgan fingerprint density at radius 3 is 1.38 bits per heavy atom. The monoisotopic (exact) mass is 679 g/mol. The van der Waals surface area contributed by atoms with Crippen LogP contribution in [0.2, 0.25) is 0 Å². The Balaban J connectivity index is 1.08. The van der Waals surface area contributed by atoms with Crippen LogP contribution < -0.4 is 4.90 Å². The van der Waals surface area contributed by atoms with Gasteiger partial charge in [0.2, 0.25) is 0 Å². The largest absolute Gasteiger partial charge is 0.310 e. The normalized spacial score (nSPS) is 11.5. The molecular weight excluding hydrogens is 647 g/mol. The molecule has 0 saturated carbocycles. The van der Waals surface area contributed by atoms with Gasteiger partial charge in [0.25, 0.3) is 0 Å². The molecule has 0 radical (unpaired) electrons. The van der Waals surface area contributed by atoms with Gasteiger partial charge in [-0.1, -0.05) is 140 Å². The summed E-state index contributed by atoms with van der Waals surface area (Å²) in [6.45, 7) is 0. The van der Waals surface area contributed by atoms with Crippen molar-refractivity contribution in [3.05, 3.63) is 200 Å². The van der Waals surface area contributed by atoms with Gasteiger partial charge in [0.05, 0.1) is 0 Å². The second kappa shape index (κ2) is 12.7. The highest BCUT2D eigenvalue weighted by molar-refractivity contribution is 7.25. The van der Waals surface area contributed by atoms with Crippen LogP contribution in [-0.2, 0) is 0 Å². The van der Waals surface area contributed by atoms with E-state index in [0.717, 1.165) is 17.1 Å². The fourth-order valence-electron chi connectivity index (χ4n) is 7.52. The number of nitrogens with zero attached hydrogens (tertiary/aromatic N) is 1. The predicted molar refractivity (Wildman–Crippen MR) is 225 cm³/mol. The van der Waals surface area contributed by atoms with Gasteiger partial charge in [-0.2, -0.15) is 0 Å². The van der Waals surface area contributed by atoms with Crippen LogP contribution in [0.25, 0.3) is 75.1 Å². The van der Waals surface area contributed by atoms with E-state index in [-0.39, 0.29) is 0 Å². The van der Waals surface area contributed by atoms with Gasteiger partial charge in [-0.15, -0.1) is 11.3 Å². The molecule has 0 amide bonds. The second-order valence-electron chi connectivity index (χ2n) is 13.4. The number of rotatable bonds is 6. The molecule has 0 atom stereocenters. The van der Waals surface area contributed by atoms with Crippen LogP contribution in [0.15, 0.2) is 200 Å². The maximum Gasteiger partial charge on any atom is 0.0476 e. The summed E-state index contributed by atoms with van der Waals surface area (Å²) in [5.74, 6) is 0. The third-order valence-corrected chi connectivity index (χ3v) is 11.3. The zero-order chi connectivity index (χ0) is 34.4. The Morgan fingerprint density at radius 1 is 0.269 bits per heavy atom. The highest BCUT2D eigenvalue weighted by Gasteiger charge is 2.16. The third kappa shape index (κ3) is 5.51. The van der Waals surface area contributed by atoms with Gasteiger partial charge >= 0.3 is 0 Å². The molecule has 1 nitrogen and oxygen atoms in total. The Kier molecular flexibility index (Phi) is 7.41. The van der Waals surface area contributed by atoms with Crippen molar-refractivity contribution in [2.75, 3.05) is 4.90 Å². The standard InChI is InChI=1S/C50H33NS/c1-3-9-34(10-4-1)36-21-24-44(25-22-36)51(46-27-28-48-47-13-7-8-14-49(47)52-50(48)33-46)45-26-23-38-17-20-41(31-43(38)32-45)40-19-16-37-15-18-39(29-42(37)30-40)35-11-5-2-6-12-35/h1-33H. The van der Waals surface area contributed by atoms with E-state index in [9.17, 15) is 0 Å². The molecular formula is C50H33NS. The molecule has 1 aromatic heterocycles. The maximum atomic E-state index is 2.39. The van der Waals surface area contributed by atoms with Crippen LogP contribution in [-0.4, -0.2) is 0 Å². The molecule has 10 rings (SSSR count). The van der Waals surface area contributed by atoms with Crippen molar-refractivity contribution in [1.82, 2.24) is 0 Å². The van der Waals surface area contributed by atoms with E-state index in [0.29, 0.717) is 0 Å². The lowest BCUT2D eigenvalue weighted by atomic mass is 9.96. The van der Waals surface area contributed by atoms with Gasteiger partial charge in [-0.05, 0) is 116 Å². The summed E-state index contributed by atoms with van der Waals surface area (Å²) in [5, 5.41) is 7.54. The van der Waals surface area contributed by atoms with Gasteiger partial charge < -0.3 is 4.90 Å². The number of benzene rings is 9. The fraction of sp³-hybridized carbons (Fsp3) is 0. The highest BCUT2D eigenvalue weighted by atomic mass is 32.1. The smallest absolute Gasteiger partial charge is 0.0476 e. The van der Waals surface area contributed by atoms with Crippen molar-refractivity contribution < 1.29 is 0 Å². The highest BCUT2D eigenvalue weighted by Crippen LogP contribution is 2.42. The van der Waals surface area contributed by atoms with Gasteiger partial charge in [0.1, 0.15) is 0 Å². The third-order valence-electron chi connectivity index (χ3n) is 10.2. The molecule has 0 aliphatic heterocycles. The van der Waals surface area contributed by atoms with Crippen LogP contribution in [0.1, 0.15) is 0 Å². The SMILES string of the molecule is c1ccc(-c2ccc(N(c3ccc4ccc(-c5ccc6ccc(-c7ccccc7)cc6c5)cc4c3)c3ccc4c(c3)sc3ccccc34)cc2)cc1. The van der Waals surface area contributed by atoms with Crippen molar-refractivity contribution >= 4 is 70.1 Å². The number of hydrogen-bond acceptors (Lipinski definition) is 2. The van der Waals surface area contributed by atoms with Crippen LogP contribution >= 0.6 is 11.3 Å². The summed E-state index contributed by atoms with van der Waals surface area (Å²) in [5.41, 5.74) is 10.7. The lowest BCUT2D eigenvalue weighted by molar-refractivity contribution is 1.30. The van der Waals surface area contributed by atoms with Crippen molar-refractivity contribution in [1.29, 1.82) is 0 Å². The number of fused-ring (bicyclic) bond motifs is 5. The average molecular weight is 680 g/mol. The van der Waals surface area contributed by atoms with Crippen LogP contribution in [0.3, 0.4) is 0 Å². The number of anilines is 3. The summed E-state index contributed by atoms with van der Waals surface area (Å²) >= 11 is 1.86. The summed E-state index contributed by atoms with van der Waals surface area (Å²) in [6, 6.07) is 73.0. The predicted octanol–water partition coefficient (Wildman–Crippen LogP) is 14.8. The lowest BCUT2D eigenvalue weighted by Gasteiger charge is -2.26. The molecule has 10 aromatic rings. The summed E-state index contributed by atoms with van der Waals surface area (Å²) in [6.07, 6.45) is 0. The molecule has 0 unspecified atom stereocenters. The maximum absolute atomic E-state index is 2.39. The summed E-state index contributed by atoms with van der Waals surface area (Å²) in [4.78, 5) is 2.39. The second-order valence-corrected chi connectivity index (χ2v) is 14.5. The molecule has 0 bridgehead atoms. The van der Waals surface area contributed by atoms with Gasteiger partial charge in [0, 0.05) is 37.2 Å². The topological polar surface area (TPSA) is 3.24 Å². The van der Waals surface area contributed by atoms with E-state index in [1.807, 2.05) is 11.3 Å². The first-order valence-corrected chi connectivity index (χ1v) is 18.6. The Morgan fingerprint density at radius 2 is 0.712 bits per heavy atom. The molecule has 2 heteroatoms. The molecule has 0 saturated heterocycles. The first-order chi connectivity index (χ1) is 25.7. The molecule has 0 aliphatic carbocycles. The molecule has 0 spiro atoms. The molecule has 9 aromatic carbocycles. The quantitative estimate of drug-likeness (QED) is 0.169. The zero-order valence-corrected chi connectivity index (χ0v) is 29.2. The number of hydrogen-bond donors (Lipinski definition) is 0. The Bertz CT molecular complexity index is 2890. The molecule has 0 aliphatic rings. The van der Waals surface area contributed by atoms with Crippen molar-refractivity contribution in [2.24, 2.45) is 0 Å². The van der Waals surface area contributed by atoms with E-state index in [1.165, 1.54) is 75.1 Å². The Labute approximate surface area is 307 Å². The van der Waals surface area contributed by atoms with Crippen molar-refractivity contribution in [3.8, 4) is 33.4 Å². The fourth-order valence-corrected chi connectivity index (χ4v) is 8.66. The molecule has 244 valence electrons. The van der Waals surface area contributed by atoms with E-state index in [2.05, 4.69) is 205 Å². The van der Waals surface area contributed by atoms with Crippen LogP contribution in [0.4, 0.5) is 17.1 Å². The van der Waals surface area contributed by atoms with Gasteiger partial charge in [-0.3, -0.25) is 0 Å². The lowest BCUT2D eigenvalue weighted by Crippen LogP contribution is -2.09. The minimum Gasteiger partial charge on any atom is -0.310 e. The van der Waals surface area contributed by atoms with Gasteiger partial charge in [0.15, 0.2) is 0 Å². The van der Waals surface area contributed by atoms with E-state index < -0.39 is 0 Å². The first-order valence-electron chi connectivity index (χ1n) is 17.7. The summed E-state index contributed by atoms with van der Waals surface area (Å²) < 4.78 is 2.61. The van der Waals surface area contributed by atoms with Gasteiger partial charge in [-0.25, -0.2) is 0 Å². The number of thiophene rings is 1. The van der Waals surface area contributed by atoms with E-state index in [4.69, 9.17) is 0 Å². The summed E-state index contributed by atoms with van der Waals surface area (Å²) in [7, 11) is 0. The van der Waals surface area contributed by atoms with E-state index in [1.54, 1.807) is 0 Å². The van der Waals surface area contributed by atoms with Crippen molar-refractivity contribution in [3.63, 3.8) is 0 Å². The molecule has 52 heavy (non-hydrogen) atoms. The first kappa shape index (κ1) is 30.4.